The van der Waals surface area contributed by atoms with Crippen LogP contribution in [0.25, 0.3) is 0 Å². The zero-order valence-corrected chi connectivity index (χ0v) is 13.2. The minimum atomic E-state index is -0.364. The summed E-state index contributed by atoms with van der Waals surface area (Å²) < 4.78 is 19.1. The SMILES string of the molecule is CN1Cc2c(ccc3c2CCO3)C(c2ccc(F)c(Cl)c2)C1. The monoisotopic (exact) mass is 317 g/mol. The Labute approximate surface area is 134 Å². The first-order valence-electron chi connectivity index (χ1n) is 7.54. The number of halogens is 2. The van der Waals surface area contributed by atoms with Gasteiger partial charge in [0.25, 0.3) is 0 Å². The summed E-state index contributed by atoms with van der Waals surface area (Å²) in [4.78, 5) is 2.31. The molecule has 0 bridgehead atoms. The van der Waals surface area contributed by atoms with Crippen LogP contribution in [0.4, 0.5) is 4.39 Å². The summed E-state index contributed by atoms with van der Waals surface area (Å²) >= 11 is 5.98. The molecule has 0 spiro atoms. The van der Waals surface area contributed by atoms with Crippen molar-refractivity contribution in [3.05, 3.63) is 63.4 Å². The Kier molecular flexibility index (Phi) is 3.35. The van der Waals surface area contributed by atoms with Crippen LogP contribution in [-0.2, 0) is 13.0 Å². The van der Waals surface area contributed by atoms with Crippen molar-refractivity contribution in [2.24, 2.45) is 0 Å². The summed E-state index contributed by atoms with van der Waals surface area (Å²) in [6.45, 7) is 2.62. The summed E-state index contributed by atoms with van der Waals surface area (Å²) in [5.41, 5.74) is 5.10. The van der Waals surface area contributed by atoms with Gasteiger partial charge in [0.2, 0.25) is 0 Å². The van der Waals surface area contributed by atoms with Crippen molar-refractivity contribution in [1.29, 1.82) is 0 Å². The number of fused-ring (bicyclic) bond motifs is 3. The van der Waals surface area contributed by atoms with Gasteiger partial charge in [-0.25, -0.2) is 4.39 Å². The first-order valence-corrected chi connectivity index (χ1v) is 7.92. The van der Waals surface area contributed by atoms with Crippen LogP contribution >= 0.6 is 11.6 Å². The van der Waals surface area contributed by atoms with Crippen LogP contribution < -0.4 is 4.74 Å². The van der Waals surface area contributed by atoms with Crippen molar-refractivity contribution in [3.63, 3.8) is 0 Å². The Bertz CT molecular complexity index is 746. The van der Waals surface area contributed by atoms with Gasteiger partial charge in [-0.1, -0.05) is 23.7 Å². The van der Waals surface area contributed by atoms with Gasteiger partial charge in [-0.3, -0.25) is 0 Å². The van der Waals surface area contributed by atoms with E-state index in [4.69, 9.17) is 16.3 Å². The van der Waals surface area contributed by atoms with Crippen molar-refractivity contribution in [2.45, 2.75) is 18.9 Å². The molecule has 0 saturated carbocycles. The number of nitrogens with zero attached hydrogens (tertiary/aromatic N) is 1. The lowest BCUT2D eigenvalue weighted by molar-refractivity contribution is 0.294. The fourth-order valence-corrected chi connectivity index (χ4v) is 3.82. The number of ether oxygens (including phenoxy) is 1. The highest BCUT2D eigenvalue weighted by molar-refractivity contribution is 6.30. The lowest BCUT2D eigenvalue weighted by atomic mass is 9.82. The van der Waals surface area contributed by atoms with Gasteiger partial charge in [-0.05, 0) is 41.9 Å². The van der Waals surface area contributed by atoms with Crippen LogP contribution in [-0.4, -0.2) is 25.1 Å². The van der Waals surface area contributed by atoms with E-state index >= 15 is 0 Å². The molecule has 4 heteroatoms. The number of rotatable bonds is 1. The predicted molar refractivity (Wildman–Crippen MR) is 85.2 cm³/mol. The Morgan fingerprint density at radius 1 is 1.23 bits per heavy atom. The first kappa shape index (κ1) is 14.0. The van der Waals surface area contributed by atoms with Gasteiger partial charge in [0.05, 0.1) is 11.6 Å². The molecular weight excluding hydrogens is 301 g/mol. The van der Waals surface area contributed by atoms with Gasteiger partial charge in [-0.2, -0.15) is 0 Å². The van der Waals surface area contributed by atoms with Gasteiger partial charge in [0.15, 0.2) is 0 Å². The zero-order chi connectivity index (χ0) is 15.3. The fraction of sp³-hybridized carbons (Fsp3) is 0.333. The predicted octanol–water partition coefficient (Wildman–Crippen LogP) is 3.99. The van der Waals surface area contributed by atoms with Gasteiger partial charge >= 0.3 is 0 Å². The molecule has 2 aliphatic heterocycles. The van der Waals surface area contributed by atoms with Crippen LogP contribution in [0, 0.1) is 5.82 Å². The quantitative estimate of drug-likeness (QED) is 0.788. The standard InChI is InChI=1S/C18H17ClFNO/c1-21-9-14(11-2-4-17(20)16(19)8-11)12-3-5-18-13(6-7-22-18)15(12)10-21/h2-5,8,14H,6-7,9-10H2,1H3. The van der Waals surface area contributed by atoms with E-state index in [1.54, 1.807) is 6.07 Å². The molecule has 114 valence electrons. The van der Waals surface area contributed by atoms with E-state index in [-0.39, 0.29) is 16.8 Å². The molecule has 0 fully saturated rings. The average Bonchev–Trinajstić information content (AvgIpc) is 2.98. The number of hydrogen-bond donors (Lipinski definition) is 0. The Hall–Kier alpha value is -1.58. The Morgan fingerprint density at radius 3 is 2.91 bits per heavy atom. The third-order valence-electron chi connectivity index (χ3n) is 4.68. The highest BCUT2D eigenvalue weighted by atomic mass is 35.5. The normalized spacial score (nSPS) is 20.4. The second-order valence-electron chi connectivity index (χ2n) is 6.13. The smallest absolute Gasteiger partial charge is 0.141 e. The molecule has 0 aromatic heterocycles. The van der Waals surface area contributed by atoms with E-state index in [2.05, 4.69) is 24.1 Å². The second-order valence-corrected chi connectivity index (χ2v) is 6.54. The topological polar surface area (TPSA) is 12.5 Å². The minimum absolute atomic E-state index is 0.191. The van der Waals surface area contributed by atoms with Crippen LogP contribution in [0.15, 0.2) is 30.3 Å². The molecule has 2 aliphatic rings. The second kappa shape index (κ2) is 5.25. The van der Waals surface area contributed by atoms with Crippen molar-refractivity contribution in [2.75, 3.05) is 20.2 Å². The third kappa shape index (κ3) is 2.20. The van der Waals surface area contributed by atoms with Crippen molar-refractivity contribution >= 4 is 11.6 Å². The van der Waals surface area contributed by atoms with Crippen LogP contribution in [0.5, 0.6) is 5.75 Å². The lowest BCUT2D eigenvalue weighted by Crippen LogP contribution is -2.31. The van der Waals surface area contributed by atoms with Crippen molar-refractivity contribution in [1.82, 2.24) is 4.90 Å². The number of likely N-dealkylation sites (N-methyl/N-ethyl adjacent to an activating group) is 1. The highest BCUT2D eigenvalue weighted by Gasteiger charge is 2.29. The van der Waals surface area contributed by atoms with Crippen molar-refractivity contribution in [3.8, 4) is 5.75 Å². The first-order chi connectivity index (χ1) is 10.6. The van der Waals surface area contributed by atoms with E-state index in [1.807, 2.05) is 6.07 Å². The summed E-state index contributed by atoms with van der Waals surface area (Å²) in [5, 5.41) is 0.191. The molecule has 1 unspecified atom stereocenters. The Balaban J connectivity index is 1.84. The molecule has 2 nitrogen and oxygen atoms in total. The van der Waals surface area contributed by atoms with Gasteiger partial charge in [0, 0.05) is 31.0 Å². The molecule has 0 N–H and O–H groups in total. The number of hydrogen-bond acceptors (Lipinski definition) is 2. The van der Waals surface area contributed by atoms with Crippen molar-refractivity contribution < 1.29 is 9.13 Å². The van der Waals surface area contributed by atoms with E-state index in [9.17, 15) is 4.39 Å². The summed E-state index contributed by atoms with van der Waals surface area (Å²) in [6, 6.07) is 9.30. The lowest BCUT2D eigenvalue weighted by Gasteiger charge is -2.33. The molecule has 0 amide bonds. The minimum Gasteiger partial charge on any atom is -0.493 e. The maximum Gasteiger partial charge on any atom is 0.141 e. The molecular formula is C18H17ClFNO. The van der Waals surface area contributed by atoms with E-state index in [0.717, 1.165) is 37.4 Å². The zero-order valence-electron chi connectivity index (χ0n) is 12.4. The van der Waals surface area contributed by atoms with Crippen LogP contribution in [0.3, 0.4) is 0 Å². The molecule has 22 heavy (non-hydrogen) atoms. The molecule has 4 rings (SSSR count). The molecule has 0 aliphatic carbocycles. The van der Waals surface area contributed by atoms with Gasteiger partial charge < -0.3 is 9.64 Å². The molecule has 0 radical (unpaired) electrons. The van der Waals surface area contributed by atoms with E-state index in [1.165, 1.54) is 22.8 Å². The average molecular weight is 318 g/mol. The Morgan fingerprint density at radius 2 is 2.09 bits per heavy atom. The fourth-order valence-electron chi connectivity index (χ4n) is 3.63. The van der Waals surface area contributed by atoms with Gasteiger partial charge in [-0.15, -0.1) is 0 Å². The molecule has 2 aromatic carbocycles. The maximum atomic E-state index is 13.5. The molecule has 0 saturated heterocycles. The maximum absolute atomic E-state index is 13.5. The number of benzene rings is 2. The van der Waals surface area contributed by atoms with E-state index in [0.29, 0.717) is 0 Å². The third-order valence-corrected chi connectivity index (χ3v) is 4.97. The summed E-state index contributed by atoms with van der Waals surface area (Å²) in [6.07, 6.45) is 0.975. The highest BCUT2D eigenvalue weighted by Crippen LogP contribution is 2.40. The summed E-state index contributed by atoms with van der Waals surface area (Å²) in [5.74, 6) is 0.875. The summed E-state index contributed by atoms with van der Waals surface area (Å²) in [7, 11) is 2.12. The largest absolute Gasteiger partial charge is 0.493 e. The molecule has 1 atom stereocenters. The van der Waals surface area contributed by atoms with Gasteiger partial charge in [0.1, 0.15) is 11.6 Å². The molecule has 2 heterocycles. The molecule has 2 aromatic rings. The van der Waals surface area contributed by atoms with E-state index < -0.39 is 0 Å². The van der Waals surface area contributed by atoms with Crippen LogP contribution in [0.2, 0.25) is 5.02 Å². The van der Waals surface area contributed by atoms with Crippen LogP contribution in [0.1, 0.15) is 28.2 Å².